The first-order valence-electron chi connectivity index (χ1n) is 8.76. The maximum atomic E-state index is 14.3. The summed E-state index contributed by atoms with van der Waals surface area (Å²) in [6.45, 7) is 4.44. The molecule has 7 nitrogen and oxygen atoms in total. The Hall–Kier alpha value is -2.52. The van der Waals surface area contributed by atoms with E-state index in [0.29, 0.717) is 21.2 Å². The number of hydrogen-bond donors (Lipinski definition) is 2. The van der Waals surface area contributed by atoms with E-state index < -0.39 is 0 Å². The van der Waals surface area contributed by atoms with E-state index in [1.54, 1.807) is 12.1 Å². The van der Waals surface area contributed by atoms with Crippen LogP contribution in [0.2, 0.25) is 0 Å². The molecule has 0 aliphatic carbocycles. The number of nitrogen functional groups attached to an aromatic ring is 1. The van der Waals surface area contributed by atoms with E-state index in [1.807, 2.05) is 24.0 Å². The fraction of sp³-hybridized carbons (Fsp3) is 0.278. The van der Waals surface area contributed by atoms with Crippen molar-refractivity contribution in [2.45, 2.75) is 19.5 Å². The van der Waals surface area contributed by atoms with Gasteiger partial charge in [0, 0.05) is 36.8 Å². The molecule has 0 spiro atoms. The Labute approximate surface area is 162 Å². The first-order valence-corrected chi connectivity index (χ1v) is 9.55. The Balaban J connectivity index is 1.84. The van der Waals surface area contributed by atoms with Crippen LogP contribution >= 0.6 is 15.9 Å². The summed E-state index contributed by atoms with van der Waals surface area (Å²) >= 11 is 3.31. The molecule has 0 unspecified atom stereocenters. The molecule has 0 radical (unpaired) electrons. The van der Waals surface area contributed by atoms with Gasteiger partial charge in [-0.15, -0.1) is 0 Å². The van der Waals surface area contributed by atoms with E-state index in [4.69, 9.17) is 5.73 Å². The number of aromatic nitrogens is 5. The molecule has 4 heterocycles. The lowest BCUT2D eigenvalue weighted by Gasteiger charge is -2.29. The lowest BCUT2D eigenvalue weighted by molar-refractivity contribution is 0.352. The van der Waals surface area contributed by atoms with Crippen LogP contribution < -0.4 is 11.1 Å². The van der Waals surface area contributed by atoms with Gasteiger partial charge < -0.3 is 15.6 Å². The van der Waals surface area contributed by atoms with Crippen molar-refractivity contribution in [2.75, 3.05) is 18.8 Å². The molecule has 0 atom stereocenters. The van der Waals surface area contributed by atoms with Crippen molar-refractivity contribution >= 4 is 43.8 Å². The van der Waals surface area contributed by atoms with Gasteiger partial charge in [-0.25, -0.2) is 14.4 Å². The number of anilines is 1. The fourth-order valence-electron chi connectivity index (χ4n) is 3.53. The Morgan fingerprint density at radius 3 is 2.81 bits per heavy atom. The van der Waals surface area contributed by atoms with Crippen molar-refractivity contribution in [2.24, 2.45) is 0 Å². The topological polar surface area (TPSA) is 86.6 Å². The summed E-state index contributed by atoms with van der Waals surface area (Å²) in [5.74, 6) is -0.0937. The maximum absolute atomic E-state index is 14.3. The van der Waals surface area contributed by atoms with Gasteiger partial charge in [0.05, 0.1) is 22.2 Å². The van der Waals surface area contributed by atoms with Crippen LogP contribution in [0, 0.1) is 5.82 Å². The smallest absolute Gasteiger partial charge is 0.221 e. The van der Waals surface area contributed by atoms with Gasteiger partial charge in [-0.1, -0.05) is 0 Å². The molecule has 9 heteroatoms. The molecule has 27 heavy (non-hydrogen) atoms. The Kier molecular flexibility index (Phi) is 3.70. The van der Waals surface area contributed by atoms with Crippen molar-refractivity contribution in [3.8, 4) is 11.3 Å². The van der Waals surface area contributed by atoms with Gasteiger partial charge in [0.1, 0.15) is 22.5 Å². The number of aryl methyl sites for hydroxylation is 1. The summed E-state index contributed by atoms with van der Waals surface area (Å²) in [5, 5.41) is 8.78. The molecular formula is C18H17BrFN7. The van der Waals surface area contributed by atoms with Gasteiger partial charge in [0.15, 0.2) is 0 Å². The van der Waals surface area contributed by atoms with E-state index in [1.165, 1.54) is 0 Å². The van der Waals surface area contributed by atoms with Crippen LogP contribution in [0.1, 0.15) is 13.0 Å². The highest BCUT2D eigenvalue weighted by Crippen LogP contribution is 2.37. The van der Waals surface area contributed by atoms with Crippen LogP contribution in [0.4, 0.5) is 10.3 Å². The Morgan fingerprint density at radius 1 is 1.30 bits per heavy atom. The third-order valence-electron chi connectivity index (χ3n) is 5.04. The predicted molar refractivity (Wildman–Crippen MR) is 106 cm³/mol. The van der Waals surface area contributed by atoms with Crippen molar-refractivity contribution < 1.29 is 4.39 Å². The molecule has 5 rings (SSSR count). The van der Waals surface area contributed by atoms with Crippen LogP contribution in [0.15, 0.2) is 29.0 Å². The van der Waals surface area contributed by atoms with Crippen LogP contribution in [-0.4, -0.2) is 37.4 Å². The molecule has 3 N–H and O–H groups in total. The highest BCUT2D eigenvalue weighted by atomic mass is 79.9. The largest absolute Gasteiger partial charge is 0.368 e. The summed E-state index contributed by atoms with van der Waals surface area (Å²) in [7, 11) is 0. The molecule has 3 aromatic heterocycles. The SMILES string of the molecule is CCn1cc2nc(N)nc(-c3cn(C4CNC4)c4cc(F)c(Br)cc34)c2n1. The van der Waals surface area contributed by atoms with E-state index >= 15 is 0 Å². The first-order chi connectivity index (χ1) is 13.0. The van der Waals surface area contributed by atoms with Crippen molar-refractivity contribution in [1.29, 1.82) is 0 Å². The van der Waals surface area contributed by atoms with E-state index in [-0.39, 0.29) is 17.8 Å². The third-order valence-corrected chi connectivity index (χ3v) is 5.64. The normalized spacial score (nSPS) is 14.9. The lowest BCUT2D eigenvalue weighted by Crippen LogP contribution is -2.43. The van der Waals surface area contributed by atoms with Gasteiger partial charge in [0.25, 0.3) is 0 Å². The highest BCUT2D eigenvalue weighted by Gasteiger charge is 2.25. The molecule has 0 bridgehead atoms. The average Bonchev–Trinajstić information content (AvgIpc) is 3.15. The number of halogens is 2. The molecule has 0 saturated carbocycles. The third kappa shape index (κ3) is 2.53. The molecule has 1 aromatic carbocycles. The Bertz CT molecular complexity index is 1190. The second kappa shape index (κ2) is 6.00. The minimum atomic E-state index is -0.289. The number of nitrogens with one attached hydrogen (secondary N) is 1. The zero-order valence-corrected chi connectivity index (χ0v) is 16.2. The quantitative estimate of drug-likeness (QED) is 0.522. The molecule has 1 fully saturated rings. The Morgan fingerprint density at radius 2 is 2.11 bits per heavy atom. The van der Waals surface area contributed by atoms with E-state index in [2.05, 4.69) is 40.9 Å². The summed E-state index contributed by atoms with van der Waals surface area (Å²) in [5.41, 5.74) is 9.73. The number of nitrogens with zero attached hydrogens (tertiary/aromatic N) is 5. The van der Waals surface area contributed by atoms with Gasteiger partial charge in [-0.05, 0) is 35.0 Å². The van der Waals surface area contributed by atoms with Crippen LogP contribution in [0.3, 0.4) is 0 Å². The second-order valence-electron chi connectivity index (χ2n) is 6.69. The standard InChI is InChI=1S/C18H17BrFN7/c1-2-26-8-14-17(25-26)16(24-18(21)23-14)11-7-27(9-5-22-6-9)15-4-13(20)12(19)3-10(11)15/h3-4,7-9,22H,2,5-6H2,1H3,(H2,21,23). The van der Waals surface area contributed by atoms with Crippen LogP contribution in [0.5, 0.6) is 0 Å². The highest BCUT2D eigenvalue weighted by molar-refractivity contribution is 9.10. The first kappa shape index (κ1) is 16.6. The predicted octanol–water partition coefficient (Wildman–Crippen LogP) is 3.10. The zero-order valence-electron chi connectivity index (χ0n) is 14.6. The van der Waals surface area contributed by atoms with Gasteiger partial charge in [0.2, 0.25) is 5.95 Å². The average molecular weight is 430 g/mol. The van der Waals surface area contributed by atoms with Crippen LogP contribution in [0.25, 0.3) is 33.2 Å². The van der Waals surface area contributed by atoms with Gasteiger partial charge in [-0.3, -0.25) is 4.68 Å². The zero-order chi connectivity index (χ0) is 18.7. The number of nitrogens with two attached hydrogens (primary N) is 1. The molecule has 1 aliphatic rings. The van der Waals surface area contributed by atoms with E-state index in [9.17, 15) is 4.39 Å². The van der Waals surface area contributed by atoms with Crippen molar-refractivity contribution in [3.63, 3.8) is 0 Å². The molecular weight excluding hydrogens is 413 g/mol. The van der Waals surface area contributed by atoms with Gasteiger partial charge >= 0.3 is 0 Å². The number of benzene rings is 1. The maximum Gasteiger partial charge on any atom is 0.221 e. The van der Waals surface area contributed by atoms with Gasteiger partial charge in [-0.2, -0.15) is 5.10 Å². The second-order valence-corrected chi connectivity index (χ2v) is 7.55. The van der Waals surface area contributed by atoms with Crippen LogP contribution in [-0.2, 0) is 6.54 Å². The molecule has 0 amide bonds. The minimum Gasteiger partial charge on any atom is -0.368 e. The minimum absolute atomic E-state index is 0.195. The van der Waals surface area contributed by atoms with Crippen molar-refractivity contribution in [3.05, 3.63) is 34.8 Å². The molecule has 138 valence electrons. The monoisotopic (exact) mass is 429 g/mol. The summed E-state index contributed by atoms with van der Waals surface area (Å²) in [6, 6.07) is 3.64. The number of rotatable bonds is 3. The summed E-state index contributed by atoms with van der Waals surface area (Å²) < 4.78 is 18.6. The fourth-order valence-corrected chi connectivity index (χ4v) is 3.88. The summed E-state index contributed by atoms with van der Waals surface area (Å²) in [6.07, 6.45) is 3.88. The molecule has 4 aromatic rings. The molecule has 1 saturated heterocycles. The van der Waals surface area contributed by atoms with Crippen molar-refractivity contribution in [1.82, 2.24) is 29.6 Å². The number of hydrogen-bond acceptors (Lipinski definition) is 5. The summed E-state index contributed by atoms with van der Waals surface area (Å²) in [4.78, 5) is 8.80. The number of fused-ring (bicyclic) bond motifs is 2. The molecule has 1 aliphatic heterocycles. The lowest BCUT2D eigenvalue weighted by atomic mass is 10.1. The van der Waals surface area contributed by atoms with E-state index in [0.717, 1.165) is 36.1 Å².